The van der Waals surface area contributed by atoms with Crippen molar-refractivity contribution in [3.05, 3.63) is 34.9 Å². The zero-order valence-electron chi connectivity index (χ0n) is 15.8. The zero-order chi connectivity index (χ0) is 20.7. The summed E-state index contributed by atoms with van der Waals surface area (Å²) < 4.78 is 0.713. The molecule has 1 heterocycles. The second kappa shape index (κ2) is 9.36. The van der Waals surface area contributed by atoms with E-state index < -0.39 is 17.2 Å². The van der Waals surface area contributed by atoms with Gasteiger partial charge in [-0.05, 0) is 54.4 Å². The van der Waals surface area contributed by atoms with Crippen LogP contribution in [0.4, 0.5) is 23.1 Å². The Balaban J connectivity index is 1.85. The largest absolute Gasteiger partial charge is 0.399 e. The fourth-order valence-electron chi connectivity index (χ4n) is 2.13. The van der Waals surface area contributed by atoms with Gasteiger partial charge in [0.05, 0.1) is 4.47 Å². The van der Waals surface area contributed by atoms with Crippen LogP contribution in [0.2, 0.25) is 0 Å². The Labute approximate surface area is 171 Å². The molecule has 0 bridgehead atoms. The molecule has 1 aromatic carbocycles. The average molecular weight is 450 g/mol. The van der Waals surface area contributed by atoms with Gasteiger partial charge >= 0.3 is 0 Å². The van der Waals surface area contributed by atoms with E-state index in [2.05, 4.69) is 41.8 Å². The Morgan fingerprint density at radius 1 is 1.25 bits per heavy atom. The van der Waals surface area contributed by atoms with Crippen molar-refractivity contribution in [3.8, 4) is 0 Å². The molecule has 0 aliphatic carbocycles. The molecule has 0 aliphatic rings. The lowest BCUT2D eigenvalue weighted by Gasteiger charge is -2.19. The number of nitrogens with zero attached hydrogens (tertiary/aromatic N) is 2. The number of carbonyl (C=O) groups excluding carboxylic acids is 2. The molecule has 0 saturated carbocycles. The van der Waals surface area contributed by atoms with E-state index in [9.17, 15) is 9.59 Å². The van der Waals surface area contributed by atoms with Crippen LogP contribution in [0.1, 0.15) is 20.3 Å². The summed E-state index contributed by atoms with van der Waals surface area (Å²) >= 11 is 3.41. The van der Waals surface area contributed by atoms with Gasteiger partial charge in [-0.25, -0.2) is 4.98 Å². The van der Waals surface area contributed by atoms with Crippen LogP contribution in [0.3, 0.4) is 0 Å². The Bertz CT molecular complexity index is 858. The van der Waals surface area contributed by atoms with Crippen molar-refractivity contribution in [1.82, 2.24) is 15.3 Å². The monoisotopic (exact) mass is 449 g/mol. The standard InChI is InChI=1S/C18H24BrN7O2/c1-18(2,15(21)27)16(28)23-8-4-7-22-14-13(19)10-24-17(26-14)25-12-6-3-5-11(20)9-12/h3,5-6,9-10H,4,7-8,20H2,1-2H3,(H2,21,27)(H,23,28)(H2,22,24,25,26). The second-order valence-electron chi connectivity index (χ2n) is 6.67. The number of carbonyl (C=O) groups is 2. The molecular formula is C18H24BrN7O2. The number of amides is 2. The van der Waals surface area contributed by atoms with Crippen LogP contribution < -0.4 is 27.4 Å². The van der Waals surface area contributed by atoms with Crippen LogP contribution >= 0.6 is 15.9 Å². The summed E-state index contributed by atoms with van der Waals surface area (Å²) in [7, 11) is 0. The summed E-state index contributed by atoms with van der Waals surface area (Å²) in [6.45, 7) is 3.95. The Hall–Kier alpha value is -2.88. The zero-order valence-corrected chi connectivity index (χ0v) is 17.3. The fourth-order valence-corrected chi connectivity index (χ4v) is 2.46. The molecule has 2 aromatic rings. The maximum absolute atomic E-state index is 12.0. The lowest BCUT2D eigenvalue weighted by atomic mass is 9.91. The lowest BCUT2D eigenvalue weighted by molar-refractivity contribution is -0.139. The summed E-state index contributed by atoms with van der Waals surface area (Å²) in [5.74, 6) is -0.0110. The Morgan fingerprint density at radius 3 is 2.68 bits per heavy atom. The van der Waals surface area contributed by atoms with E-state index in [1.807, 2.05) is 12.1 Å². The van der Waals surface area contributed by atoms with Crippen molar-refractivity contribution in [3.63, 3.8) is 0 Å². The minimum absolute atomic E-state index is 0.392. The van der Waals surface area contributed by atoms with Crippen LogP contribution in [-0.4, -0.2) is 34.9 Å². The van der Waals surface area contributed by atoms with Gasteiger partial charge in [0.1, 0.15) is 11.2 Å². The topological polar surface area (TPSA) is 148 Å². The average Bonchev–Trinajstić information content (AvgIpc) is 2.63. The van der Waals surface area contributed by atoms with E-state index >= 15 is 0 Å². The van der Waals surface area contributed by atoms with Crippen molar-refractivity contribution in [2.75, 3.05) is 29.5 Å². The molecule has 0 atom stereocenters. The summed E-state index contributed by atoms with van der Waals surface area (Å²) in [4.78, 5) is 31.9. The van der Waals surface area contributed by atoms with E-state index in [0.29, 0.717) is 41.4 Å². The second-order valence-corrected chi connectivity index (χ2v) is 7.52. The molecule has 0 aliphatic heterocycles. The molecule has 2 rings (SSSR count). The molecule has 9 nitrogen and oxygen atoms in total. The van der Waals surface area contributed by atoms with Crippen molar-refractivity contribution < 1.29 is 9.59 Å². The van der Waals surface area contributed by atoms with Crippen LogP contribution in [-0.2, 0) is 9.59 Å². The van der Waals surface area contributed by atoms with Crippen molar-refractivity contribution in [2.45, 2.75) is 20.3 Å². The van der Waals surface area contributed by atoms with E-state index in [4.69, 9.17) is 11.5 Å². The first-order chi connectivity index (χ1) is 13.2. The SMILES string of the molecule is CC(C)(C(N)=O)C(=O)NCCCNc1nc(Nc2cccc(N)c2)ncc1Br. The normalized spacial score (nSPS) is 11.0. The first-order valence-corrected chi connectivity index (χ1v) is 9.46. The molecule has 150 valence electrons. The van der Waals surface area contributed by atoms with Crippen molar-refractivity contribution >= 4 is 50.9 Å². The Morgan fingerprint density at radius 2 is 2.00 bits per heavy atom. The summed E-state index contributed by atoms with van der Waals surface area (Å²) in [6.07, 6.45) is 2.27. The highest BCUT2D eigenvalue weighted by Crippen LogP contribution is 2.22. The number of aromatic nitrogens is 2. The van der Waals surface area contributed by atoms with Crippen molar-refractivity contribution in [1.29, 1.82) is 0 Å². The maximum Gasteiger partial charge on any atom is 0.235 e. The van der Waals surface area contributed by atoms with Crippen LogP contribution in [0.5, 0.6) is 0 Å². The van der Waals surface area contributed by atoms with Crippen LogP contribution in [0.25, 0.3) is 0 Å². The number of hydrogen-bond donors (Lipinski definition) is 5. The van der Waals surface area contributed by atoms with E-state index in [1.54, 1.807) is 18.3 Å². The highest BCUT2D eigenvalue weighted by molar-refractivity contribution is 9.10. The van der Waals surface area contributed by atoms with E-state index in [-0.39, 0.29) is 0 Å². The van der Waals surface area contributed by atoms with Gasteiger partial charge in [0, 0.05) is 30.7 Å². The van der Waals surface area contributed by atoms with Crippen LogP contribution in [0, 0.1) is 5.41 Å². The number of halogens is 1. The number of hydrogen-bond acceptors (Lipinski definition) is 7. The lowest BCUT2D eigenvalue weighted by Crippen LogP contribution is -2.46. The number of nitrogens with one attached hydrogen (secondary N) is 3. The molecule has 0 radical (unpaired) electrons. The van der Waals surface area contributed by atoms with Gasteiger partial charge in [-0.15, -0.1) is 0 Å². The van der Waals surface area contributed by atoms with Gasteiger partial charge in [0.25, 0.3) is 0 Å². The number of rotatable bonds is 9. The maximum atomic E-state index is 12.0. The Kier molecular flexibility index (Phi) is 7.16. The third-order valence-corrected chi connectivity index (χ3v) is 4.58. The smallest absolute Gasteiger partial charge is 0.235 e. The molecule has 0 spiro atoms. The minimum atomic E-state index is -1.23. The minimum Gasteiger partial charge on any atom is -0.399 e. The molecular weight excluding hydrogens is 426 g/mol. The molecule has 1 aromatic heterocycles. The molecule has 7 N–H and O–H groups in total. The molecule has 0 unspecified atom stereocenters. The van der Waals surface area contributed by atoms with Gasteiger partial charge in [-0.2, -0.15) is 4.98 Å². The number of nitrogen functional groups attached to an aromatic ring is 1. The first-order valence-electron chi connectivity index (χ1n) is 8.67. The predicted molar refractivity (Wildman–Crippen MR) is 113 cm³/mol. The predicted octanol–water partition coefficient (Wildman–Crippen LogP) is 1.99. The summed E-state index contributed by atoms with van der Waals surface area (Å²) in [5.41, 5.74) is 11.2. The molecule has 2 amide bonds. The van der Waals surface area contributed by atoms with Gasteiger partial charge in [-0.1, -0.05) is 6.07 Å². The highest BCUT2D eigenvalue weighted by atomic mass is 79.9. The highest BCUT2D eigenvalue weighted by Gasteiger charge is 2.33. The van der Waals surface area contributed by atoms with Crippen molar-refractivity contribution in [2.24, 2.45) is 11.1 Å². The van der Waals surface area contributed by atoms with Gasteiger partial charge in [0.2, 0.25) is 17.8 Å². The van der Waals surface area contributed by atoms with Gasteiger partial charge < -0.3 is 27.4 Å². The first kappa shape index (κ1) is 21.4. The number of anilines is 4. The van der Waals surface area contributed by atoms with Gasteiger partial charge in [0.15, 0.2) is 0 Å². The van der Waals surface area contributed by atoms with Gasteiger partial charge in [-0.3, -0.25) is 9.59 Å². The molecule has 0 saturated heterocycles. The number of primary amides is 1. The molecule has 10 heteroatoms. The molecule has 0 fully saturated rings. The third kappa shape index (κ3) is 5.81. The summed E-state index contributed by atoms with van der Waals surface area (Å²) in [5, 5.41) is 8.98. The van der Waals surface area contributed by atoms with E-state index in [1.165, 1.54) is 13.8 Å². The third-order valence-electron chi connectivity index (χ3n) is 4.00. The quantitative estimate of drug-likeness (QED) is 0.223. The number of benzene rings is 1. The fraction of sp³-hybridized carbons (Fsp3) is 0.333. The summed E-state index contributed by atoms with van der Waals surface area (Å²) in [6, 6.07) is 7.29. The number of nitrogens with two attached hydrogens (primary N) is 2. The van der Waals surface area contributed by atoms with Crippen LogP contribution in [0.15, 0.2) is 34.9 Å². The molecule has 28 heavy (non-hydrogen) atoms. The van der Waals surface area contributed by atoms with E-state index in [0.717, 1.165) is 5.69 Å².